The Morgan fingerprint density at radius 3 is 2.75 bits per heavy atom. The molecular weight excluding hydrogens is 356 g/mol. The fourth-order valence-corrected chi connectivity index (χ4v) is 3.26. The highest BCUT2D eigenvalue weighted by atomic mass is 16.5. The molecule has 2 rings (SSSR count). The van der Waals surface area contributed by atoms with Crippen LogP contribution < -0.4 is 10.6 Å². The lowest BCUT2D eigenvalue weighted by atomic mass is 10.0. The molecule has 1 aliphatic heterocycles. The van der Waals surface area contributed by atoms with Crippen LogP contribution in [0, 0.1) is 6.92 Å². The first-order valence-electron chi connectivity index (χ1n) is 10.1. The van der Waals surface area contributed by atoms with E-state index in [0.717, 1.165) is 51.8 Å². The summed E-state index contributed by atoms with van der Waals surface area (Å²) in [5, 5.41) is 6.86. The van der Waals surface area contributed by atoms with Gasteiger partial charge in [0.2, 0.25) is 0 Å². The second-order valence-corrected chi connectivity index (χ2v) is 6.92. The Morgan fingerprint density at radius 2 is 2.04 bits per heavy atom. The minimum Gasteiger partial charge on any atom is -0.382 e. The van der Waals surface area contributed by atoms with Gasteiger partial charge in [-0.15, -0.1) is 0 Å². The van der Waals surface area contributed by atoms with Gasteiger partial charge in [0, 0.05) is 46.9 Å². The van der Waals surface area contributed by atoms with Gasteiger partial charge in [-0.3, -0.25) is 9.89 Å². The molecular formula is C21H36N4O3. The number of rotatable bonds is 11. The fraction of sp³-hybridized carbons (Fsp3) is 0.667. The number of guanidine groups is 1. The lowest BCUT2D eigenvalue weighted by Crippen LogP contribution is -2.46. The zero-order valence-corrected chi connectivity index (χ0v) is 17.6. The molecule has 28 heavy (non-hydrogen) atoms. The van der Waals surface area contributed by atoms with Gasteiger partial charge in [0.05, 0.1) is 32.5 Å². The van der Waals surface area contributed by atoms with Gasteiger partial charge in [-0.2, -0.15) is 0 Å². The van der Waals surface area contributed by atoms with Crippen molar-refractivity contribution in [2.45, 2.75) is 19.4 Å². The first-order valence-corrected chi connectivity index (χ1v) is 10.1. The molecule has 0 bridgehead atoms. The summed E-state index contributed by atoms with van der Waals surface area (Å²) in [6.07, 6.45) is 0.926. The molecule has 0 aromatic heterocycles. The van der Waals surface area contributed by atoms with Crippen molar-refractivity contribution >= 4 is 5.96 Å². The van der Waals surface area contributed by atoms with E-state index < -0.39 is 0 Å². The summed E-state index contributed by atoms with van der Waals surface area (Å²) in [6, 6.07) is 9.05. The molecule has 2 N–H and O–H groups in total. The van der Waals surface area contributed by atoms with Crippen LogP contribution in [-0.2, 0) is 14.2 Å². The zero-order valence-electron chi connectivity index (χ0n) is 17.6. The first-order chi connectivity index (χ1) is 13.7. The minimum absolute atomic E-state index is 0.291. The Labute approximate surface area is 169 Å². The molecule has 0 amide bonds. The van der Waals surface area contributed by atoms with Crippen molar-refractivity contribution in [1.29, 1.82) is 0 Å². The van der Waals surface area contributed by atoms with Gasteiger partial charge in [0.15, 0.2) is 5.96 Å². The number of nitrogens with zero attached hydrogens (tertiary/aromatic N) is 2. The summed E-state index contributed by atoms with van der Waals surface area (Å²) >= 11 is 0. The van der Waals surface area contributed by atoms with E-state index in [-0.39, 0.29) is 0 Å². The van der Waals surface area contributed by atoms with Gasteiger partial charge in [0.1, 0.15) is 0 Å². The maximum Gasteiger partial charge on any atom is 0.191 e. The highest BCUT2D eigenvalue weighted by Crippen LogP contribution is 2.22. The number of methoxy groups -OCH3 is 1. The van der Waals surface area contributed by atoms with Crippen LogP contribution in [0.3, 0.4) is 0 Å². The first kappa shape index (κ1) is 22.6. The number of benzene rings is 1. The predicted octanol–water partition coefficient (Wildman–Crippen LogP) is 1.59. The number of hydrogen-bond donors (Lipinski definition) is 2. The van der Waals surface area contributed by atoms with Crippen molar-refractivity contribution in [3.05, 3.63) is 35.4 Å². The molecule has 1 aromatic rings. The second kappa shape index (κ2) is 13.5. The van der Waals surface area contributed by atoms with Crippen molar-refractivity contribution < 1.29 is 14.2 Å². The van der Waals surface area contributed by atoms with Crippen molar-refractivity contribution in [1.82, 2.24) is 15.5 Å². The Kier molecular flexibility index (Phi) is 10.9. The third-order valence-electron chi connectivity index (χ3n) is 4.79. The second-order valence-electron chi connectivity index (χ2n) is 6.92. The average Bonchev–Trinajstić information content (AvgIpc) is 2.72. The Morgan fingerprint density at radius 1 is 1.21 bits per heavy atom. The molecule has 7 nitrogen and oxygen atoms in total. The van der Waals surface area contributed by atoms with E-state index in [1.165, 1.54) is 11.1 Å². The van der Waals surface area contributed by atoms with Crippen LogP contribution in [0.1, 0.15) is 23.6 Å². The van der Waals surface area contributed by atoms with Crippen molar-refractivity contribution in [3.8, 4) is 0 Å². The molecule has 1 atom stereocenters. The SMILES string of the molecule is CN=C(NCCCOCCOC)NCC(c1cccc(C)c1)N1CCOCC1. The Balaban J connectivity index is 1.83. The quantitative estimate of drug-likeness (QED) is 0.339. The average molecular weight is 393 g/mol. The molecule has 1 aliphatic rings. The molecule has 1 fully saturated rings. The Hall–Kier alpha value is -1.67. The maximum atomic E-state index is 5.54. The molecule has 7 heteroatoms. The molecule has 0 spiro atoms. The van der Waals surface area contributed by atoms with E-state index in [4.69, 9.17) is 14.2 Å². The topological polar surface area (TPSA) is 67.4 Å². The molecule has 0 aliphatic carbocycles. The summed E-state index contributed by atoms with van der Waals surface area (Å²) in [5.74, 6) is 0.822. The van der Waals surface area contributed by atoms with Gasteiger partial charge < -0.3 is 24.8 Å². The number of nitrogens with one attached hydrogen (secondary N) is 2. The summed E-state index contributed by atoms with van der Waals surface area (Å²) in [7, 11) is 3.49. The highest BCUT2D eigenvalue weighted by molar-refractivity contribution is 5.79. The molecule has 0 radical (unpaired) electrons. The zero-order chi connectivity index (χ0) is 20.0. The van der Waals surface area contributed by atoms with Gasteiger partial charge >= 0.3 is 0 Å². The normalized spacial score (nSPS) is 16.8. The Bertz CT molecular complexity index is 577. The van der Waals surface area contributed by atoms with E-state index in [1.54, 1.807) is 14.2 Å². The minimum atomic E-state index is 0.291. The van der Waals surface area contributed by atoms with Crippen molar-refractivity contribution in [2.24, 2.45) is 4.99 Å². The fourth-order valence-electron chi connectivity index (χ4n) is 3.26. The molecule has 158 valence electrons. The van der Waals surface area contributed by atoms with Crippen molar-refractivity contribution in [3.63, 3.8) is 0 Å². The number of aryl methyl sites for hydroxylation is 1. The number of ether oxygens (including phenoxy) is 3. The molecule has 0 saturated carbocycles. The van der Waals surface area contributed by atoms with Gasteiger partial charge in [-0.25, -0.2) is 0 Å². The van der Waals surface area contributed by atoms with Crippen molar-refractivity contribution in [2.75, 3.05) is 73.4 Å². The van der Waals surface area contributed by atoms with Gasteiger partial charge in [-0.1, -0.05) is 29.8 Å². The van der Waals surface area contributed by atoms with Gasteiger partial charge in [-0.05, 0) is 18.9 Å². The van der Waals surface area contributed by atoms with Gasteiger partial charge in [0.25, 0.3) is 0 Å². The van der Waals surface area contributed by atoms with E-state index >= 15 is 0 Å². The monoisotopic (exact) mass is 392 g/mol. The van der Waals surface area contributed by atoms with E-state index in [1.807, 2.05) is 0 Å². The number of aliphatic imine (C=N–C) groups is 1. The standard InChI is InChI=1S/C21H36N4O3/c1-18-6-4-7-19(16-18)20(25-9-12-28-13-10-25)17-24-21(22-2)23-8-5-11-27-15-14-26-3/h4,6-7,16,20H,5,8-15,17H2,1-3H3,(H2,22,23,24). The van der Waals surface area contributed by atoms with E-state index in [2.05, 4.69) is 51.7 Å². The van der Waals surface area contributed by atoms with Crippen LogP contribution in [0.2, 0.25) is 0 Å². The summed E-state index contributed by atoms with van der Waals surface area (Å²) < 4.78 is 16.0. The lowest BCUT2D eigenvalue weighted by Gasteiger charge is -2.35. The van der Waals surface area contributed by atoms with Crippen LogP contribution in [0.4, 0.5) is 0 Å². The molecule has 1 aromatic carbocycles. The third kappa shape index (κ3) is 8.14. The molecule has 1 saturated heterocycles. The summed E-state index contributed by atoms with van der Waals surface area (Å²) in [5.41, 5.74) is 2.61. The van der Waals surface area contributed by atoms with Crippen LogP contribution in [0.25, 0.3) is 0 Å². The summed E-state index contributed by atoms with van der Waals surface area (Å²) in [6.45, 7) is 9.23. The van der Waals surface area contributed by atoms with Crippen LogP contribution in [0.5, 0.6) is 0 Å². The molecule has 1 heterocycles. The predicted molar refractivity (Wildman–Crippen MR) is 113 cm³/mol. The number of hydrogen-bond acceptors (Lipinski definition) is 5. The largest absolute Gasteiger partial charge is 0.382 e. The van der Waals surface area contributed by atoms with E-state index in [9.17, 15) is 0 Å². The van der Waals surface area contributed by atoms with Crippen LogP contribution in [-0.4, -0.2) is 84.2 Å². The van der Waals surface area contributed by atoms with E-state index in [0.29, 0.717) is 25.9 Å². The van der Waals surface area contributed by atoms with Crippen LogP contribution in [0.15, 0.2) is 29.3 Å². The maximum absolute atomic E-state index is 5.54. The lowest BCUT2D eigenvalue weighted by molar-refractivity contribution is 0.0170. The molecule has 1 unspecified atom stereocenters. The number of morpholine rings is 1. The van der Waals surface area contributed by atoms with Crippen LogP contribution >= 0.6 is 0 Å². The smallest absolute Gasteiger partial charge is 0.191 e. The summed E-state index contributed by atoms with van der Waals surface area (Å²) in [4.78, 5) is 6.84. The highest BCUT2D eigenvalue weighted by Gasteiger charge is 2.23. The third-order valence-corrected chi connectivity index (χ3v) is 4.79.